The van der Waals surface area contributed by atoms with Gasteiger partial charge in [-0.15, -0.1) is 0 Å². The van der Waals surface area contributed by atoms with Gasteiger partial charge in [-0.2, -0.15) is 5.92 Å². The fraction of sp³-hybridized carbons (Fsp3) is 0.875. The molecule has 0 aliphatic heterocycles. The SMILES string of the molecule is [Br-].[CH2-]C(C)CC(C)(C)C.[Mg+2]. The Kier molecular flexibility index (Phi) is 12.0. The molecular weight excluding hydrogens is 200 g/mol. The summed E-state index contributed by atoms with van der Waals surface area (Å²) in [7, 11) is 0. The molecule has 0 radical (unpaired) electrons. The predicted molar refractivity (Wildman–Crippen MR) is 44.3 cm³/mol. The molecule has 0 aromatic rings. The Balaban J connectivity index is -0.000000245. The zero-order valence-corrected chi connectivity index (χ0v) is 10.6. The van der Waals surface area contributed by atoms with E-state index in [1.165, 1.54) is 6.42 Å². The first-order valence-corrected chi connectivity index (χ1v) is 3.25. The molecule has 0 amide bonds. The number of halogens is 1. The molecular formula is C8H17BrMg. The number of hydrogen-bond acceptors (Lipinski definition) is 0. The molecule has 58 valence electrons. The van der Waals surface area contributed by atoms with Gasteiger partial charge in [-0.3, -0.25) is 0 Å². The summed E-state index contributed by atoms with van der Waals surface area (Å²) in [5.74, 6) is 0.593. The summed E-state index contributed by atoms with van der Waals surface area (Å²) in [4.78, 5) is 0. The molecule has 0 bridgehead atoms. The largest absolute Gasteiger partial charge is 2.00 e. The maximum absolute atomic E-state index is 3.92. The summed E-state index contributed by atoms with van der Waals surface area (Å²) in [6.45, 7) is 12.8. The molecule has 1 unspecified atom stereocenters. The van der Waals surface area contributed by atoms with Crippen molar-refractivity contribution in [2.24, 2.45) is 11.3 Å². The number of hydrogen-bond donors (Lipinski definition) is 0. The van der Waals surface area contributed by atoms with Crippen LogP contribution in [0.3, 0.4) is 0 Å². The third kappa shape index (κ3) is 16.1. The van der Waals surface area contributed by atoms with Gasteiger partial charge in [-0.1, -0.05) is 34.1 Å². The van der Waals surface area contributed by atoms with Gasteiger partial charge in [0.1, 0.15) is 0 Å². The third-order valence-electron chi connectivity index (χ3n) is 0.961. The molecule has 0 N–H and O–H groups in total. The Morgan fingerprint density at radius 2 is 1.60 bits per heavy atom. The minimum Gasteiger partial charge on any atom is -1.00 e. The molecule has 0 saturated carbocycles. The first-order valence-electron chi connectivity index (χ1n) is 3.25. The maximum Gasteiger partial charge on any atom is 2.00 e. The van der Waals surface area contributed by atoms with Crippen LogP contribution in [0.2, 0.25) is 0 Å². The summed E-state index contributed by atoms with van der Waals surface area (Å²) in [6.07, 6.45) is 1.22. The molecule has 1 atom stereocenters. The molecule has 0 aromatic heterocycles. The van der Waals surface area contributed by atoms with Crippen molar-refractivity contribution in [2.45, 2.75) is 34.1 Å². The first kappa shape index (κ1) is 17.4. The van der Waals surface area contributed by atoms with Crippen molar-refractivity contribution in [1.29, 1.82) is 0 Å². The first-order chi connectivity index (χ1) is 3.42. The van der Waals surface area contributed by atoms with E-state index < -0.39 is 0 Å². The molecule has 0 saturated heterocycles. The van der Waals surface area contributed by atoms with E-state index in [4.69, 9.17) is 0 Å². The monoisotopic (exact) mass is 216 g/mol. The molecule has 0 aliphatic carbocycles. The Hall–Kier alpha value is 1.25. The zero-order chi connectivity index (χ0) is 6.78. The van der Waals surface area contributed by atoms with Gasteiger partial charge in [0.25, 0.3) is 0 Å². The van der Waals surface area contributed by atoms with E-state index in [9.17, 15) is 0 Å². The van der Waals surface area contributed by atoms with Crippen molar-refractivity contribution >= 4 is 23.1 Å². The minimum atomic E-state index is 0. The molecule has 0 fully saturated rings. The zero-order valence-electron chi connectivity index (χ0n) is 7.58. The maximum atomic E-state index is 3.92. The molecule has 0 aromatic carbocycles. The second kappa shape index (κ2) is 6.93. The van der Waals surface area contributed by atoms with E-state index in [-0.39, 0.29) is 40.0 Å². The molecule has 0 nitrogen and oxygen atoms in total. The van der Waals surface area contributed by atoms with E-state index in [1.54, 1.807) is 0 Å². The van der Waals surface area contributed by atoms with Crippen molar-refractivity contribution in [2.75, 3.05) is 0 Å². The summed E-state index contributed by atoms with van der Waals surface area (Å²) in [5.41, 5.74) is 0.459. The number of rotatable bonds is 1. The fourth-order valence-electron chi connectivity index (χ4n) is 1.05. The molecule has 10 heavy (non-hydrogen) atoms. The summed E-state index contributed by atoms with van der Waals surface area (Å²) >= 11 is 0. The van der Waals surface area contributed by atoms with Crippen LogP contribution in [0.4, 0.5) is 0 Å². The van der Waals surface area contributed by atoms with Crippen LogP contribution in [0, 0.1) is 18.3 Å². The van der Waals surface area contributed by atoms with Crippen LogP contribution in [0.5, 0.6) is 0 Å². The average Bonchev–Trinajstić information content (AvgIpc) is 1.21. The second-order valence-electron chi connectivity index (χ2n) is 3.87. The van der Waals surface area contributed by atoms with E-state index in [0.29, 0.717) is 11.3 Å². The Labute approximate surface area is 92.1 Å². The van der Waals surface area contributed by atoms with Crippen LogP contribution < -0.4 is 17.0 Å². The normalized spacial score (nSPS) is 12.9. The van der Waals surface area contributed by atoms with Gasteiger partial charge in [0.15, 0.2) is 0 Å². The van der Waals surface area contributed by atoms with Gasteiger partial charge in [-0.25, -0.2) is 0 Å². The van der Waals surface area contributed by atoms with Crippen LogP contribution in [0.25, 0.3) is 0 Å². The van der Waals surface area contributed by atoms with Crippen LogP contribution in [0.1, 0.15) is 34.1 Å². The van der Waals surface area contributed by atoms with Gasteiger partial charge in [-0.05, 0) is 5.41 Å². The topological polar surface area (TPSA) is 0 Å². The van der Waals surface area contributed by atoms with Crippen molar-refractivity contribution in [3.05, 3.63) is 6.92 Å². The van der Waals surface area contributed by atoms with E-state index in [1.807, 2.05) is 0 Å². The molecule has 0 rings (SSSR count). The molecule has 0 heterocycles. The average molecular weight is 217 g/mol. The van der Waals surface area contributed by atoms with Crippen LogP contribution in [0.15, 0.2) is 0 Å². The molecule has 2 heteroatoms. The second-order valence-corrected chi connectivity index (χ2v) is 3.87. The third-order valence-corrected chi connectivity index (χ3v) is 0.961. The fourth-order valence-corrected chi connectivity index (χ4v) is 1.05. The van der Waals surface area contributed by atoms with Crippen molar-refractivity contribution in [1.82, 2.24) is 0 Å². The Bertz CT molecular complexity index is 64.1. The minimum absolute atomic E-state index is 0. The summed E-state index contributed by atoms with van der Waals surface area (Å²) in [6, 6.07) is 0. The van der Waals surface area contributed by atoms with Crippen LogP contribution >= 0.6 is 0 Å². The molecule has 0 aliphatic rings. The summed E-state index contributed by atoms with van der Waals surface area (Å²) in [5, 5.41) is 0. The van der Waals surface area contributed by atoms with E-state index in [2.05, 4.69) is 34.6 Å². The van der Waals surface area contributed by atoms with Gasteiger partial charge in [0.05, 0.1) is 0 Å². The standard InChI is InChI=1S/C8H17.BrH.Mg/c1-7(2)6-8(3,4)5;;/h7H,1,6H2,2-5H3;1H;/q-1;;+2/p-1. The van der Waals surface area contributed by atoms with E-state index >= 15 is 0 Å². The van der Waals surface area contributed by atoms with Crippen LogP contribution in [-0.2, 0) is 0 Å². The quantitative estimate of drug-likeness (QED) is 0.411. The summed E-state index contributed by atoms with van der Waals surface area (Å²) < 4.78 is 0. The Morgan fingerprint density at radius 3 is 1.60 bits per heavy atom. The van der Waals surface area contributed by atoms with Crippen molar-refractivity contribution < 1.29 is 17.0 Å². The van der Waals surface area contributed by atoms with Gasteiger partial charge in [0.2, 0.25) is 0 Å². The van der Waals surface area contributed by atoms with E-state index in [0.717, 1.165) is 0 Å². The van der Waals surface area contributed by atoms with Gasteiger partial charge >= 0.3 is 23.1 Å². The van der Waals surface area contributed by atoms with Gasteiger partial charge in [0, 0.05) is 0 Å². The van der Waals surface area contributed by atoms with Gasteiger partial charge < -0.3 is 23.9 Å². The smallest absolute Gasteiger partial charge is 1.00 e. The Morgan fingerprint density at radius 1 is 1.30 bits per heavy atom. The molecule has 0 spiro atoms. The van der Waals surface area contributed by atoms with Crippen LogP contribution in [-0.4, -0.2) is 23.1 Å². The van der Waals surface area contributed by atoms with Crippen molar-refractivity contribution in [3.63, 3.8) is 0 Å². The van der Waals surface area contributed by atoms with Crippen molar-refractivity contribution in [3.8, 4) is 0 Å². The predicted octanol–water partition coefficient (Wildman–Crippen LogP) is -0.484.